The van der Waals surface area contributed by atoms with Gasteiger partial charge in [-0.15, -0.1) is 0 Å². The molecule has 3 heterocycles. The third-order valence-electron chi connectivity index (χ3n) is 6.32. The first-order valence-corrected chi connectivity index (χ1v) is 12.3. The first-order valence-electron chi connectivity index (χ1n) is 11.9. The first kappa shape index (κ1) is 26.2. The Morgan fingerprint density at radius 2 is 2.05 bits per heavy atom. The van der Waals surface area contributed by atoms with Crippen LogP contribution in [0.2, 0.25) is 5.02 Å². The van der Waals surface area contributed by atoms with Gasteiger partial charge in [0, 0.05) is 52.4 Å². The lowest BCUT2D eigenvalue weighted by Crippen LogP contribution is -2.43. The molecule has 1 saturated heterocycles. The number of carbonyl (C=O) groups is 2. The SMILES string of the molecule is CNC(=O)COc1cc2cc(Nc3nc(N4CCC[C@@H](C(=O)N(C)C)C4)ncc3Cl)ccc2n(C)c1=O. The van der Waals surface area contributed by atoms with Crippen molar-refractivity contribution in [3.63, 3.8) is 0 Å². The van der Waals surface area contributed by atoms with Crippen molar-refractivity contribution in [1.82, 2.24) is 24.8 Å². The van der Waals surface area contributed by atoms with E-state index in [1.165, 1.54) is 11.6 Å². The van der Waals surface area contributed by atoms with Crippen LogP contribution in [0.4, 0.5) is 17.5 Å². The van der Waals surface area contributed by atoms with E-state index in [-0.39, 0.29) is 35.6 Å². The number of fused-ring (bicyclic) bond motifs is 1. The van der Waals surface area contributed by atoms with Gasteiger partial charge in [-0.25, -0.2) is 4.98 Å². The van der Waals surface area contributed by atoms with Crippen LogP contribution in [-0.2, 0) is 16.6 Å². The van der Waals surface area contributed by atoms with Crippen molar-refractivity contribution >= 4 is 51.8 Å². The van der Waals surface area contributed by atoms with Crippen molar-refractivity contribution in [3.05, 3.63) is 45.8 Å². The van der Waals surface area contributed by atoms with Crippen LogP contribution >= 0.6 is 11.6 Å². The molecule has 2 N–H and O–H groups in total. The van der Waals surface area contributed by atoms with Gasteiger partial charge in [0.25, 0.3) is 11.5 Å². The second-order valence-electron chi connectivity index (χ2n) is 9.12. The minimum absolute atomic E-state index is 0.0741. The first-order chi connectivity index (χ1) is 17.7. The molecule has 1 aliphatic rings. The Morgan fingerprint density at radius 1 is 1.27 bits per heavy atom. The number of likely N-dealkylation sites (N-methyl/N-ethyl adjacent to an activating group) is 1. The summed E-state index contributed by atoms with van der Waals surface area (Å²) in [5.74, 6) is 0.653. The molecule has 0 spiro atoms. The lowest BCUT2D eigenvalue weighted by Gasteiger charge is -2.33. The van der Waals surface area contributed by atoms with Crippen LogP contribution in [0.5, 0.6) is 5.75 Å². The quantitative estimate of drug-likeness (QED) is 0.479. The van der Waals surface area contributed by atoms with E-state index in [2.05, 4.69) is 20.6 Å². The Morgan fingerprint density at radius 3 is 2.78 bits per heavy atom. The van der Waals surface area contributed by atoms with Gasteiger partial charge in [0.1, 0.15) is 5.02 Å². The van der Waals surface area contributed by atoms with E-state index in [0.717, 1.165) is 24.8 Å². The van der Waals surface area contributed by atoms with Crippen molar-refractivity contribution in [2.45, 2.75) is 12.8 Å². The van der Waals surface area contributed by atoms with Gasteiger partial charge in [0.2, 0.25) is 11.9 Å². The molecule has 2 amide bonds. The second kappa shape index (κ2) is 11.0. The predicted molar refractivity (Wildman–Crippen MR) is 143 cm³/mol. The van der Waals surface area contributed by atoms with Gasteiger partial charge in [0.05, 0.1) is 17.6 Å². The highest BCUT2D eigenvalue weighted by atomic mass is 35.5. The van der Waals surface area contributed by atoms with E-state index in [0.29, 0.717) is 34.5 Å². The Balaban J connectivity index is 1.59. The molecule has 0 bridgehead atoms. The molecule has 0 radical (unpaired) electrons. The van der Waals surface area contributed by atoms with Crippen LogP contribution in [0, 0.1) is 5.92 Å². The van der Waals surface area contributed by atoms with Crippen LogP contribution in [0.3, 0.4) is 0 Å². The van der Waals surface area contributed by atoms with E-state index >= 15 is 0 Å². The fourth-order valence-corrected chi connectivity index (χ4v) is 4.45. The number of nitrogens with one attached hydrogen (secondary N) is 2. The number of hydrogen-bond acceptors (Lipinski definition) is 8. The van der Waals surface area contributed by atoms with Gasteiger partial charge in [-0.1, -0.05) is 11.6 Å². The Labute approximate surface area is 219 Å². The molecule has 12 heteroatoms. The molecule has 0 saturated carbocycles. The lowest BCUT2D eigenvalue weighted by molar-refractivity contribution is -0.133. The van der Waals surface area contributed by atoms with Gasteiger partial charge in [-0.3, -0.25) is 14.4 Å². The Kier molecular flexibility index (Phi) is 7.82. The number of piperidine rings is 1. The van der Waals surface area contributed by atoms with Crippen molar-refractivity contribution in [1.29, 1.82) is 0 Å². The molecule has 196 valence electrons. The standard InChI is InChI=1S/C25H30ClN7O4/c1-27-21(34)14-37-20-11-16-10-17(7-8-19(16)32(4)24(20)36)29-22-18(26)12-28-25(30-22)33-9-5-6-15(13-33)23(35)31(2)3/h7-8,10-12,15H,5-6,9,13-14H2,1-4H3,(H,27,34)(H,28,29,30)/t15-/m1/s1. The number of benzene rings is 1. The molecule has 0 unspecified atom stereocenters. The number of pyridine rings is 1. The second-order valence-corrected chi connectivity index (χ2v) is 9.52. The van der Waals surface area contributed by atoms with Crippen molar-refractivity contribution < 1.29 is 14.3 Å². The topological polar surface area (TPSA) is 122 Å². The Hall–Kier alpha value is -3.86. The van der Waals surface area contributed by atoms with Crippen molar-refractivity contribution in [2.24, 2.45) is 13.0 Å². The van der Waals surface area contributed by atoms with E-state index in [1.807, 2.05) is 17.0 Å². The van der Waals surface area contributed by atoms with Crippen molar-refractivity contribution in [3.8, 4) is 5.75 Å². The highest BCUT2D eigenvalue weighted by Crippen LogP contribution is 2.29. The zero-order valence-electron chi connectivity index (χ0n) is 21.2. The number of nitrogens with zero attached hydrogens (tertiary/aromatic N) is 5. The number of anilines is 3. The summed E-state index contributed by atoms with van der Waals surface area (Å²) in [6, 6.07) is 7.07. The number of aryl methyl sites for hydroxylation is 1. The largest absolute Gasteiger partial charge is 0.478 e. The summed E-state index contributed by atoms with van der Waals surface area (Å²) in [5, 5.41) is 6.76. The van der Waals surface area contributed by atoms with Crippen LogP contribution in [0.15, 0.2) is 35.3 Å². The summed E-state index contributed by atoms with van der Waals surface area (Å²) in [6.45, 7) is 1.04. The maximum Gasteiger partial charge on any atom is 0.293 e. The number of aromatic nitrogens is 3. The molecule has 37 heavy (non-hydrogen) atoms. The van der Waals surface area contributed by atoms with Crippen LogP contribution in [-0.4, -0.2) is 72.1 Å². The predicted octanol–water partition coefficient (Wildman–Crippen LogP) is 2.15. The fourth-order valence-electron chi connectivity index (χ4n) is 4.31. The summed E-state index contributed by atoms with van der Waals surface area (Å²) in [5.41, 5.74) is 1.05. The van der Waals surface area contributed by atoms with Crippen LogP contribution in [0.1, 0.15) is 12.8 Å². The third kappa shape index (κ3) is 5.77. The zero-order valence-corrected chi connectivity index (χ0v) is 22.0. The maximum atomic E-state index is 12.6. The molecule has 2 aromatic heterocycles. The third-order valence-corrected chi connectivity index (χ3v) is 6.59. The maximum absolute atomic E-state index is 12.6. The normalized spacial score (nSPS) is 15.4. The molecule has 1 aliphatic heterocycles. The molecule has 1 aromatic carbocycles. The van der Waals surface area contributed by atoms with Gasteiger partial charge >= 0.3 is 0 Å². The molecule has 3 aromatic rings. The summed E-state index contributed by atoms with van der Waals surface area (Å²) < 4.78 is 6.91. The monoisotopic (exact) mass is 527 g/mol. The van der Waals surface area contributed by atoms with Gasteiger partial charge in [0.15, 0.2) is 18.2 Å². The van der Waals surface area contributed by atoms with E-state index in [1.54, 1.807) is 44.4 Å². The average Bonchev–Trinajstić information content (AvgIpc) is 2.90. The number of amides is 2. The van der Waals surface area contributed by atoms with Crippen molar-refractivity contribution in [2.75, 3.05) is 51.1 Å². The highest BCUT2D eigenvalue weighted by molar-refractivity contribution is 6.32. The number of hydrogen-bond donors (Lipinski definition) is 2. The number of ether oxygens (including phenoxy) is 1. The Bertz CT molecular complexity index is 1390. The average molecular weight is 528 g/mol. The minimum Gasteiger partial charge on any atom is -0.478 e. The minimum atomic E-state index is -0.340. The van der Waals surface area contributed by atoms with E-state index in [4.69, 9.17) is 16.3 Å². The van der Waals surface area contributed by atoms with Gasteiger partial charge < -0.3 is 29.7 Å². The molecule has 1 fully saturated rings. The van der Waals surface area contributed by atoms with E-state index in [9.17, 15) is 14.4 Å². The molecule has 1 atom stereocenters. The molecule has 11 nitrogen and oxygen atoms in total. The summed E-state index contributed by atoms with van der Waals surface area (Å²) in [6.07, 6.45) is 3.24. The lowest BCUT2D eigenvalue weighted by atomic mass is 9.97. The van der Waals surface area contributed by atoms with Crippen LogP contribution < -0.4 is 25.8 Å². The zero-order chi connectivity index (χ0) is 26.7. The molecular formula is C25H30ClN7O4. The number of rotatable bonds is 7. The smallest absolute Gasteiger partial charge is 0.293 e. The fraction of sp³-hybridized carbons (Fsp3) is 0.400. The molecule has 4 rings (SSSR count). The summed E-state index contributed by atoms with van der Waals surface area (Å²) >= 11 is 6.41. The molecular weight excluding hydrogens is 498 g/mol. The summed E-state index contributed by atoms with van der Waals surface area (Å²) in [4.78, 5) is 49.3. The van der Waals surface area contributed by atoms with Gasteiger partial charge in [-0.2, -0.15) is 4.98 Å². The highest BCUT2D eigenvalue weighted by Gasteiger charge is 2.28. The van der Waals surface area contributed by atoms with Gasteiger partial charge in [-0.05, 0) is 37.1 Å². The van der Waals surface area contributed by atoms with E-state index < -0.39 is 0 Å². The number of halogens is 1. The molecule has 0 aliphatic carbocycles. The number of carbonyl (C=O) groups excluding carboxylic acids is 2. The van der Waals surface area contributed by atoms with Crippen LogP contribution in [0.25, 0.3) is 10.9 Å². The summed E-state index contributed by atoms with van der Waals surface area (Å²) in [7, 11) is 6.67.